The van der Waals surface area contributed by atoms with Crippen molar-refractivity contribution in [2.45, 2.75) is 31.9 Å². The second-order valence-corrected chi connectivity index (χ2v) is 4.08. The Balaban J connectivity index is 2.29. The van der Waals surface area contributed by atoms with Gasteiger partial charge in [0.1, 0.15) is 11.6 Å². The van der Waals surface area contributed by atoms with Crippen LogP contribution in [0.2, 0.25) is 0 Å². The van der Waals surface area contributed by atoms with Crippen molar-refractivity contribution in [1.29, 1.82) is 0 Å². The van der Waals surface area contributed by atoms with Gasteiger partial charge in [0.15, 0.2) is 0 Å². The second kappa shape index (κ2) is 6.18. The Morgan fingerprint density at radius 3 is 2.69 bits per heavy atom. The molecule has 1 unspecified atom stereocenters. The molecule has 1 N–H and O–H groups in total. The molecule has 1 heterocycles. The lowest BCUT2D eigenvalue weighted by molar-refractivity contribution is -0.154. The molecule has 1 saturated heterocycles. The number of hydrogen-bond acceptors (Lipinski definition) is 5. The summed E-state index contributed by atoms with van der Waals surface area (Å²) in [7, 11) is 1.75. The number of likely N-dealkylation sites (N-methyl/N-ethyl adjacent to an activating group) is 1. The number of esters is 1. The van der Waals surface area contributed by atoms with E-state index in [2.05, 4.69) is 5.32 Å². The van der Waals surface area contributed by atoms with E-state index in [-0.39, 0.29) is 12.1 Å². The maximum absolute atomic E-state index is 11.7. The molecule has 1 aliphatic heterocycles. The maximum atomic E-state index is 11.7. The molecule has 1 rings (SSSR count). The van der Waals surface area contributed by atoms with Crippen LogP contribution < -0.4 is 5.32 Å². The highest BCUT2D eigenvalue weighted by Gasteiger charge is 2.33. The van der Waals surface area contributed by atoms with Gasteiger partial charge in [-0.05, 0) is 27.3 Å². The molecule has 0 aliphatic carbocycles. The molecule has 1 aliphatic rings. The molecule has 0 saturated carbocycles. The molecule has 0 radical (unpaired) electrons. The Morgan fingerprint density at radius 1 is 1.56 bits per heavy atom. The van der Waals surface area contributed by atoms with Gasteiger partial charge < -0.3 is 19.5 Å². The van der Waals surface area contributed by atoms with Gasteiger partial charge in [-0.3, -0.25) is 4.79 Å². The quantitative estimate of drug-likeness (QED) is 0.640. The van der Waals surface area contributed by atoms with Crippen molar-refractivity contribution < 1.29 is 19.0 Å². The predicted octanol–water partition coefficient (Wildman–Crippen LogP) is 0.333. The highest BCUT2D eigenvalue weighted by atomic mass is 16.6. The molecule has 94 valence electrons. The maximum Gasteiger partial charge on any atom is 0.326 e. The summed E-state index contributed by atoms with van der Waals surface area (Å²) in [5.74, 6) is -0.231. The lowest BCUT2D eigenvalue weighted by Crippen LogP contribution is -2.50. The molecule has 0 amide bonds. The summed E-state index contributed by atoms with van der Waals surface area (Å²) in [4.78, 5) is 11.7. The van der Waals surface area contributed by atoms with Crippen LogP contribution in [0.5, 0.6) is 0 Å². The van der Waals surface area contributed by atoms with Crippen molar-refractivity contribution in [2.24, 2.45) is 0 Å². The molecule has 0 bridgehead atoms. The minimum absolute atomic E-state index is 0.198. The summed E-state index contributed by atoms with van der Waals surface area (Å²) in [6.07, 6.45) is 0.794. The normalized spacial score (nSPS) is 19.9. The third-order valence-electron chi connectivity index (χ3n) is 2.84. The lowest BCUT2D eigenvalue weighted by Gasteiger charge is -2.30. The van der Waals surface area contributed by atoms with Crippen LogP contribution in [0.15, 0.2) is 0 Å². The van der Waals surface area contributed by atoms with Crippen molar-refractivity contribution in [2.75, 3.05) is 33.5 Å². The topological polar surface area (TPSA) is 56.8 Å². The Morgan fingerprint density at radius 2 is 2.25 bits per heavy atom. The first-order chi connectivity index (χ1) is 7.62. The van der Waals surface area contributed by atoms with Gasteiger partial charge in [0, 0.05) is 6.61 Å². The third kappa shape index (κ3) is 3.43. The molecule has 0 aromatic heterocycles. The van der Waals surface area contributed by atoms with E-state index in [1.54, 1.807) is 14.0 Å². The fraction of sp³-hybridized carbons (Fsp3) is 0.909. The first-order valence-electron chi connectivity index (χ1n) is 5.68. The van der Waals surface area contributed by atoms with E-state index in [0.29, 0.717) is 32.8 Å². The van der Waals surface area contributed by atoms with Gasteiger partial charge in [0.05, 0.1) is 19.8 Å². The Labute approximate surface area is 96.4 Å². The zero-order chi connectivity index (χ0) is 12.0. The minimum Gasteiger partial charge on any atom is -0.465 e. The highest BCUT2D eigenvalue weighted by Crippen LogP contribution is 2.14. The van der Waals surface area contributed by atoms with Gasteiger partial charge >= 0.3 is 5.97 Å². The number of hydrogen-bond donors (Lipinski definition) is 1. The van der Waals surface area contributed by atoms with Gasteiger partial charge in [0.2, 0.25) is 0 Å². The fourth-order valence-corrected chi connectivity index (χ4v) is 1.36. The first kappa shape index (κ1) is 13.4. The van der Waals surface area contributed by atoms with Crippen LogP contribution in [-0.4, -0.2) is 51.1 Å². The van der Waals surface area contributed by atoms with E-state index in [1.165, 1.54) is 0 Å². The number of nitrogens with one attached hydrogen (secondary N) is 1. The summed E-state index contributed by atoms with van der Waals surface area (Å²) in [5.41, 5.74) is -0.666. The van der Waals surface area contributed by atoms with Crippen molar-refractivity contribution in [3.63, 3.8) is 0 Å². The molecule has 0 aromatic carbocycles. The predicted molar refractivity (Wildman–Crippen MR) is 59.3 cm³/mol. The van der Waals surface area contributed by atoms with E-state index >= 15 is 0 Å². The van der Waals surface area contributed by atoms with Crippen molar-refractivity contribution in [3.05, 3.63) is 0 Å². The summed E-state index contributed by atoms with van der Waals surface area (Å²) in [5, 5.41) is 2.99. The summed E-state index contributed by atoms with van der Waals surface area (Å²) >= 11 is 0. The zero-order valence-electron chi connectivity index (χ0n) is 10.2. The molecule has 5 heteroatoms. The van der Waals surface area contributed by atoms with Gasteiger partial charge in [-0.25, -0.2) is 0 Å². The average molecular weight is 231 g/mol. The molecule has 0 spiro atoms. The van der Waals surface area contributed by atoms with E-state index < -0.39 is 5.54 Å². The molecule has 1 fully saturated rings. The Hall–Kier alpha value is -0.650. The molecule has 0 aromatic rings. The summed E-state index contributed by atoms with van der Waals surface area (Å²) < 4.78 is 15.5. The first-order valence-corrected chi connectivity index (χ1v) is 5.68. The number of ether oxygens (including phenoxy) is 3. The number of rotatable bonds is 7. The van der Waals surface area contributed by atoms with E-state index in [9.17, 15) is 4.79 Å². The number of carbonyl (C=O) groups is 1. The van der Waals surface area contributed by atoms with Crippen molar-refractivity contribution in [3.8, 4) is 0 Å². The monoisotopic (exact) mass is 231 g/mol. The third-order valence-corrected chi connectivity index (χ3v) is 2.84. The Kier molecular flexibility index (Phi) is 5.18. The second-order valence-electron chi connectivity index (χ2n) is 4.08. The highest BCUT2D eigenvalue weighted by molar-refractivity contribution is 5.80. The molecule has 5 nitrogen and oxygen atoms in total. The smallest absolute Gasteiger partial charge is 0.326 e. The minimum atomic E-state index is -0.666. The summed E-state index contributed by atoms with van der Waals surface area (Å²) in [6, 6.07) is 0. The molecular formula is C11H21NO4. The van der Waals surface area contributed by atoms with E-state index in [1.807, 2.05) is 6.92 Å². The SMILES string of the molecule is CCOC(=O)C(C)(CCOC1COC1)NC. The van der Waals surface area contributed by atoms with Crippen LogP contribution in [0.1, 0.15) is 20.3 Å². The van der Waals surface area contributed by atoms with Gasteiger partial charge in [-0.2, -0.15) is 0 Å². The van der Waals surface area contributed by atoms with E-state index in [4.69, 9.17) is 14.2 Å². The van der Waals surface area contributed by atoms with E-state index in [0.717, 1.165) is 0 Å². The molecule has 16 heavy (non-hydrogen) atoms. The zero-order valence-corrected chi connectivity index (χ0v) is 10.2. The lowest BCUT2D eigenvalue weighted by atomic mass is 9.99. The van der Waals surface area contributed by atoms with Crippen LogP contribution >= 0.6 is 0 Å². The van der Waals surface area contributed by atoms with Gasteiger partial charge in [0.25, 0.3) is 0 Å². The fourth-order valence-electron chi connectivity index (χ4n) is 1.36. The van der Waals surface area contributed by atoms with Crippen LogP contribution in [0.3, 0.4) is 0 Å². The standard InChI is InChI=1S/C11H21NO4/c1-4-15-10(13)11(2,12-3)5-6-16-9-7-14-8-9/h9,12H,4-8H2,1-3H3. The van der Waals surface area contributed by atoms with Crippen LogP contribution in [-0.2, 0) is 19.0 Å². The van der Waals surface area contributed by atoms with Gasteiger partial charge in [-0.1, -0.05) is 0 Å². The van der Waals surface area contributed by atoms with Gasteiger partial charge in [-0.15, -0.1) is 0 Å². The Bertz CT molecular complexity index is 230. The average Bonchev–Trinajstić information content (AvgIpc) is 2.21. The summed E-state index contributed by atoms with van der Waals surface area (Å²) in [6.45, 7) is 5.88. The van der Waals surface area contributed by atoms with Crippen molar-refractivity contribution >= 4 is 5.97 Å². The van der Waals surface area contributed by atoms with Crippen molar-refractivity contribution in [1.82, 2.24) is 5.32 Å². The number of carbonyl (C=O) groups excluding carboxylic acids is 1. The van der Waals surface area contributed by atoms with Crippen LogP contribution in [0, 0.1) is 0 Å². The van der Waals surface area contributed by atoms with Crippen LogP contribution in [0.4, 0.5) is 0 Å². The largest absolute Gasteiger partial charge is 0.465 e. The van der Waals surface area contributed by atoms with Crippen LogP contribution in [0.25, 0.3) is 0 Å². The molecule has 1 atom stereocenters. The molecular weight excluding hydrogens is 210 g/mol.